The number of aldehydes is 1. The van der Waals surface area contributed by atoms with E-state index >= 15 is 0 Å². The first kappa shape index (κ1) is 14.0. The van der Waals surface area contributed by atoms with Gasteiger partial charge >= 0.3 is 6.08 Å². The van der Waals surface area contributed by atoms with Gasteiger partial charge in [0.2, 0.25) is 0 Å². The molecule has 94 valence electrons. The molecule has 0 amide bonds. The summed E-state index contributed by atoms with van der Waals surface area (Å²) in [6.45, 7) is 0. The quantitative estimate of drug-likeness (QED) is 0.668. The van der Waals surface area contributed by atoms with E-state index in [1.54, 1.807) is 0 Å². The SMILES string of the molecule is O=Cc1cnc(S(CCC(F)=C(F)F)=NO)s1. The summed E-state index contributed by atoms with van der Waals surface area (Å²) in [5, 5.41) is 8.70. The van der Waals surface area contributed by atoms with Gasteiger partial charge in [-0.25, -0.2) is 9.37 Å². The van der Waals surface area contributed by atoms with Crippen LogP contribution in [-0.2, 0) is 10.7 Å². The Morgan fingerprint density at radius 2 is 2.29 bits per heavy atom. The van der Waals surface area contributed by atoms with Gasteiger partial charge in [0.1, 0.15) is 0 Å². The molecule has 1 N–H and O–H groups in total. The summed E-state index contributed by atoms with van der Waals surface area (Å²) in [6, 6.07) is 0. The van der Waals surface area contributed by atoms with Crippen molar-refractivity contribution in [1.82, 2.24) is 4.98 Å². The highest BCUT2D eigenvalue weighted by Gasteiger charge is 2.11. The summed E-state index contributed by atoms with van der Waals surface area (Å²) in [4.78, 5) is 14.5. The van der Waals surface area contributed by atoms with Gasteiger partial charge in [-0.05, 0) is 10.7 Å². The van der Waals surface area contributed by atoms with Gasteiger partial charge in [0.15, 0.2) is 16.5 Å². The summed E-state index contributed by atoms with van der Waals surface area (Å²) < 4.78 is 39.4. The summed E-state index contributed by atoms with van der Waals surface area (Å²) in [5.41, 5.74) is 0. The van der Waals surface area contributed by atoms with Gasteiger partial charge in [-0.2, -0.15) is 8.78 Å². The number of rotatable bonds is 5. The third-order valence-corrected chi connectivity index (χ3v) is 4.48. The standard InChI is InChI=1S/C8H7F3N2O2S2/c9-6(7(10)11)1-2-17(13-15)8-12-3-5(4-14)16-8/h3-4,15H,1-2H2. The number of allylic oxidation sites excluding steroid dienone is 1. The monoisotopic (exact) mass is 284 g/mol. The van der Waals surface area contributed by atoms with Crippen molar-refractivity contribution in [3.8, 4) is 0 Å². The highest BCUT2D eigenvalue weighted by Crippen LogP contribution is 2.20. The fraction of sp³-hybridized carbons (Fsp3) is 0.250. The summed E-state index contributed by atoms with van der Waals surface area (Å²) in [5.74, 6) is -1.65. The molecule has 0 saturated heterocycles. The Morgan fingerprint density at radius 3 is 2.76 bits per heavy atom. The number of thiazole rings is 1. The van der Waals surface area contributed by atoms with E-state index in [1.807, 2.05) is 0 Å². The van der Waals surface area contributed by atoms with E-state index in [0.29, 0.717) is 15.5 Å². The van der Waals surface area contributed by atoms with Crippen molar-refractivity contribution in [2.45, 2.75) is 10.8 Å². The van der Waals surface area contributed by atoms with Crippen LogP contribution in [0.1, 0.15) is 16.1 Å². The molecule has 0 spiro atoms. The Morgan fingerprint density at radius 1 is 1.59 bits per heavy atom. The lowest BCUT2D eigenvalue weighted by molar-refractivity contribution is 0.112. The van der Waals surface area contributed by atoms with Crippen LogP contribution in [0.4, 0.5) is 13.2 Å². The van der Waals surface area contributed by atoms with E-state index in [-0.39, 0.29) is 5.75 Å². The molecule has 4 nitrogen and oxygen atoms in total. The maximum atomic E-state index is 12.5. The maximum absolute atomic E-state index is 12.5. The summed E-state index contributed by atoms with van der Waals surface area (Å²) >= 11 is 0.979. The van der Waals surface area contributed by atoms with Crippen molar-refractivity contribution < 1.29 is 23.2 Å². The molecule has 0 aliphatic heterocycles. The second-order valence-electron chi connectivity index (χ2n) is 2.71. The third kappa shape index (κ3) is 4.02. The lowest BCUT2D eigenvalue weighted by Gasteiger charge is -2.00. The van der Waals surface area contributed by atoms with Gasteiger partial charge in [-0.3, -0.25) is 10.0 Å². The number of aromatic nitrogens is 1. The largest absolute Gasteiger partial charge is 0.301 e. The minimum Gasteiger partial charge on any atom is -0.297 e. The van der Waals surface area contributed by atoms with E-state index in [1.165, 1.54) is 6.20 Å². The predicted molar refractivity (Wildman–Crippen MR) is 57.2 cm³/mol. The van der Waals surface area contributed by atoms with E-state index in [0.717, 1.165) is 11.3 Å². The van der Waals surface area contributed by atoms with Crippen LogP contribution in [0.5, 0.6) is 0 Å². The molecule has 1 aromatic rings. The zero-order valence-electron chi connectivity index (χ0n) is 8.27. The van der Waals surface area contributed by atoms with E-state index in [9.17, 15) is 18.0 Å². The second kappa shape index (κ2) is 6.62. The molecule has 0 aliphatic carbocycles. The Labute approximate surface area is 101 Å². The van der Waals surface area contributed by atoms with Crippen molar-refractivity contribution in [3.63, 3.8) is 0 Å². The van der Waals surface area contributed by atoms with Crippen molar-refractivity contribution in [2.75, 3.05) is 5.75 Å². The second-order valence-corrected chi connectivity index (χ2v) is 5.72. The number of nitrogens with zero attached hydrogens (tertiary/aromatic N) is 2. The van der Waals surface area contributed by atoms with Gasteiger partial charge < -0.3 is 0 Å². The molecule has 0 bridgehead atoms. The van der Waals surface area contributed by atoms with Crippen molar-refractivity contribution >= 4 is 28.3 Å². The lowest BCUT2D eigenvalue weighted by atomic mass is 10.4. The van der Waals surface area contributed by atoms with Crippen LogP contribution >= 0.6 is 11.3 Å². The molecule has 1 rings (SSSR count). The first-order chi connectivity index (χ1) is 8.08. The fourth-order valence-corrected chi connectivity index (χ4v) is 3.23. The Kier molecular flexibility index (Phi) is 5.45. The molecule has 17 heavy (non-hydrogen) atoms. The minimum absolute atomic E-state index is 0.120. The van der Waals surface area contributed by atoms with Crippen molar-refractivity contribution in [3.05, 3.63) is 23.0 Å². The van der Waals surface area contributed by atoms with Crippen molar-refractivity contribution in [1.29, 1.82) is 0 Å². The Hall–Kier alpha value is -1.06. The average Bonchev–Trinajstić information content (AvgIpc) is 2.78. The number of hydrogen-bond donors (Lipinski definition) is 1. The zero-order chi connectivity index (χ0) is 12.8. The van der Waals surface area contributed by atoms with Crippen molar-refractivity contribution in [2.24, 2.45) is 4.53 Å². The first-order valence-electron chi connectivity index (χ1n) is 4.25. The molecule has 0 saturated carbocycles. The Balaban J connectivity index is 2.74. The van der Waals surface area contributed by atoms with E-state index in [2.05, 4.69) is 9.51 Å². The molecule has 1 aromatic heterocycles. The molecule has 0 radical (unpaired) electrons. The molecular formula is C8H7F3N2O2S2. The molecule has 9 heteroatoms. The van der Waals surface area contributed by atoms with Gasteiger partial charge in [0.25, 0.3) is 0 Å². The van der Waals surface area contributed by atoms with Gasteiger partial charge in [-0.15, -0.1) is 15.9 Å². The average molecular weight is 284 g/mol. The number of hydrogen-bond acceptors (Lipinski definition) is 4. The summed E-state index contributed by atoms with van der Waals surface area (Å²) in [7, 11) is -1.19. The van der Waals surface area contributed by atoms with Crippen LogP contribution in [0.15, 0.2) is 27.0 Å². The zero-order valence-corrected chi connectivity index (χ0v) is 9.90. The summed E-state index contributed by atoms with van der Waals surface area (Å²) in [6.07, 6.45) is -1.06. The van der Waals surface area contributed by atoms with Crippen LogP contribution < -0.4 is 0 Å². The first-order valence-corrected chi connectivity index (χ1v) is 6.42. The van der Waals surface area contributed by atoms with Crippen LogP contribution in [0.3, 0.4) is 0 Å². The smallest absolute Gasteiger partial charge is 0.297 e. The normalized spacial score (nSPS) is 12.5. The molecule has 1 heterocycles. The molecule has 0 aliphatic rings. The third-order valence-electron chi connectivity index (χ3n) is 1.64. The molecule has 1 unspecified atom stereocenters. The van der Waals surface area contributed by atoms with E-state index < -0.39 is 29.0 Å². The lowest BCUT2D eigenvalue weighted by Crippen LogP contribution is -1.98. The molecule has 0 aromatic carbocycles. The highest BCUT2D eigenvalue weighted by molar-refractivity contribution is 7.89. The van der Waals surface area contributed by atoms with Gasteiger partial charge in [-0.1, -0.05) is 0 Å². The molecular weight excluding hydrogens is 277 g/mol. The van der Waals surface area contributed by atoms with Crippen LogP contribution in [0, 0.1) is 0 Å². The van der Waals surface area contributed by atoms with Crippen LogP contribution in [0.2, 0.25) is 0 Å². The van der Waals surface area contributed by atoms with Crippen LogP contribution in [0.25, 0.3) is 0 Å². The minimum atomic E-state index is -2.38. The number of carbonyl (C=O) groups excluding carboxylic acids is 1. The molecule has 1 atom stereocenters. The highest BCUT2D eigenvalue weighted by atomic mass is 32.2. The maximum Gasteiger partial charge on any atom is 0.301 e. The fourth-order valence-electron chi connectivity index (χ4n) is 0.877. The topological polar surface area (TPSA) is 62.5 Å². The van der Waals surface area contributed by atoms with Gasteiger partial charge in [0, 0.05) is 18.4 Å². The molecule has 0 fully saturated rings. The van der Waals surface area contributed by atoms with Crippen LogP contribution in [-0.4, -0.2) is 22.2 Å². The Bertz CT molecular complexity index is 469. The number of carbonyl (C=O) groups is 1. The predicted octanol–water partition coefficient (Wildman–Crippen LogP) is 2.97. The number of halogens is 3. The van der Waals surface area contributed by atoms with Gasteiger partial charge in [0.05, 0.1) is 4.88 Å². The van der Waals surface area contributed by atoms with E-state index in [4.69, 9.17) is 5.21 Å².